The average molecular weight is 331 g/mol. The maximum atomic E-state index is 12.4. The highest BCUT2D eigenvalue weighted by Crippen LogP contribution is 2.30. The lowest BCUT2D eigenvalue weighted by Crippen LogP contribution is -2.37. The summed E-state index contributed by atoms with van der Waals surface area (Å²) in [5.41, 5.74) is -0.755. The van der Waals surface area contributed by atoms with E-state index in [-0.39, 0.29) is 30.7 Å². The van der Waals surface area contributed by atoms with Crippen molar-refractivity contribution < 1.29 is 27.8 Å². The second kappa shape index (κ2) is 7.68. The molecule has 0 unspecified atom stereocenters. The first-order valence-electron chi connectivity index (χ1n) is 7.62. The molecule has 1 amide bonds. The molecule has 0 saturated heterocycles. The van der Waals surface area contributed by atoms with E-state index in [0.717, 1.165) is 37.8 Å². The predicted octanol–water partition coefficient (Wildman–Crippen LogP) is 2.75. The Morgan fingerprint density at radius 3 is 2.43 bits per heavy atom. The highest BCUT2D eigenvalue weighted by Gasteiger charge is 2.30. The number of ether oxygens (including phenoxy) is 1. The first-order valence-corrected chi connectivity index (χ1v) is 7.62. The smallest absolute Gasteiger partial charge is 0.416 e. The van der Waals surface area contributed by atoms with Gasteiger partial charge in [-0.15, -0.1) is 0 Å². The van der Waals surface area contributed by atoms with Crippen LogP contribution in [0.1, 0.15) is 31.2 Å². The fourth-order valence-electron chi connectivity index (χ4n) is 2.54. The summed E-state index contributed by atoms with van der Waals surface area (Å²) < 4.78 is 42.5. The van der Waals surface area contributed by atoms with Gasteiger partial charge in [-0.1, -0.05) is 12.8 Å². The molecule has 4 nitrogen and oxygen atoms in total. The van der Waals surface area contributed by atoms with Crippen LogP contribution >= 0.6 is 0 Å². The van der Waals surface area contributed by atoms with Crippen LogP contribution in [0.15, 0.2) is 24.3 Å². The number of benzene rings is 1. The topological polar surface area (TPSA) is 58.6 Å². The second-order valence-corrected chi connectivity index (χ2v) is 5.71. The van der Waals surface area contributed by atoms with Crippen molar-refractivity contribution in [2.45, 2.75) is 38.0 Å². The Hall–Kier alpha value is -1.76. The molecule has 1 aromatic carbocycles. The quantitative estimate of drug-likeness (QED) is 0.843. The Morgan fingerprint density at radius 2 is 1.87 bits per heavy atom. The summed E-state index contributed by atoms with van der Waals surface area (Å²) >= 11 is 0. The van der Waals surface area contributed by atoms with E-state index >= 15 is 0 Å². The van der Waals surface area contributed by atoms with Crippen LogP contribution in [0.2, 0.25) is 0 Å². The number of alkyl halides is 3. The van der Waals surface area contributed by atoms with E-state index < -0.39 is 17.8 Å². The monoisotopic (exact) mass is 331 g/mol. The molecular formula is C16H20F3NO3. The van der Waals surface area contributed by atoms with Crippen molar-refractivity contribution in [3.8, 4) is 5.75 Å². The third kappa shape index (κ3) is 5.42. The van der Waals surface area contributed by atoms with E-state index in [1.807, 2.05) is 0 Å². The number of rotatable bonds is 6. The third-order valence-corrected chi connectivity index (χ3v) is 3.86. The Kier molecular flexibility index (Phi) is 5.87. The summed E-state index contributed by atoms with van der Waals surface area (Å²) in [6, 6.07) is 4.24. The van der Waals surface area contributed by atoms with E-state index in [4.69, 9.17) is 4.74 Å². The first-order chi connectivity index (χ1) is 10.9. The van der Waals surface area contributed by atoms with Gasteiger partial charge in [-0.05, 0) is 37.1 Å². The van der Waals surface area contributed by atoms with Gasteiger partial charge in [-0.3, -0.25) is 4.79 Å². The molecule has 1 fully saturated rings. The molecule has 0 bridgehead atoms. The average Bonchev–Trinajstić information content (AvgIpc) is 3.04. The maximum Gasteiger partial charge on any atom is 0.416 e. The number of carbonyl (C=O) groups is 1. The van der Waals surface area contributed by atoms with Gasteiger partial charge in [0.15, 0.2) is 0 Å². The zero-order chi connectivity index (χ0) is 16.9. The minimum atomic E-state index is -4.39. The maximum absolute atomic E-state index is 12.4. The molecule has 23 heavy (non-hydrogen) atoms. The van der Waals surface area contributed by atoms with E-state index in [1.165, 1.54) is 12.1 Å². The number of nitrogens with one attached hydrogen (secondary N) is 1. The summed E-state index contributed by atoms with van der Waals surface area (Å²) in [5, 5.41) is 12.4. The Balaban J connectivity index is 1.71. The van der Waals surface area contributed by atoms with E-state index in [9.17, 15) is 23.1 Å². The summed E-state index contributed by atoms with van der Waals surface area (Å²) in [6.45, 7) is -0.0354. The van der Waals surface area contributed by atoms with Crippen molar-refractivity contribution in [3.63, 3.8) is 0 Å². The van der Waals surface area contributed by atoms with Crippen molar-refractivity contribution in [1.29, 1.82) is 0 Å². The molecule has 7 heteroatoms. The molecule has 1 aliphatic carbocycles. The zero-order valence-electron chi connectivity index (χ0n) is 12.6. The number of aliphatic hydroxyl groups excluding tert-OH is 1. The largest absolute Gasteiger partial charge is 0.491 e. The van der Waals surface area contributed by atoms with Crippen molar-refractivity contribution in [3.05, 3.63) is 29.8 Å². The number of hydrogen-bond acceptors (Lipinski definition) is 3. The van der Waals surface area contributed by atoms with Crippen molar-refractivity contribution >= 4 is 5.91 Å². The molecule has 0 radical (unpaired) electrons. The molecule has 2 N–H and O–H groups in total. The van der Waals surface area contributed by atoms with Crippen LogP contribution in [0.5, 0.6) is 5.75 Å². The predicted molar refractivity (Wildman–Crippen MR) is 77.9 cm³/mol. The molecule has 128 valence electrons. The molecule has 0 heterocycles. The van der Waals surface area contributed by atoms with Crippen molar-refractivity contribution in [2.24, 2.45) is 5.92 Å². The van der Waals surface area contributed by atoms with Crippen LogP contribution in [-0.4, -0.2) is 30.3 Å². The van der Waals surface area contributed by atoms with E-state index in [0.29, 0.717) is 0 Å². The van der Waals surface area contributed by atoms with Crippen LogP contribution in [0.4, 0.5) is 13.2 Å². The zero-order valence-corrected chi connectivity index (χ0v) is 12.6. The van der Waals surface area contributed by atoms with Crippen molar-refractivity contribution in [1.82, 2.24) is 5.32 Å². The molecular weight excluding hydrogens is 311 g/mol. The van der Waals surface area contributed by atoms with E-state index in [1.54, 1.807) is 0 Å². The summed E-state index contributed by atoms with van der Waals surface area (Å²) in [6.07, 6.45) is -1.44. The molecule has 1 atom stereocenters. The molecule has 1 aliphatic rings. The van der Waals surface area contributed by atoms with Crippen LogP contribution < -0.4 is 10.1 Å². The number of halogens is 3. The Labute approximate surface area is 132 Å². The molecule has 1 aromatic rings. The van der Waals surface area contributed by atoms with Gasteiger partial charge in [0.2, 0.25) is 5.91 Å². The SMILES string of the molecule is O=C(NC[C@H](O)COc1ccc(C(F)(F)F)cc1)C1CCCC1. The highest BCUT2D eigenvalue weighted by atomic mass is 19.4. The summed E-state index contributed by atoms with van der Waals surface area (Å²) in [5.74, 6) is 0.202. The minimum absolute atomic E-state index is 0.0260. The lowest BCUT2D eigenvalue weighted by atomic mass is 10.1. The summed E-state index contributed by atoms with van der Waals surface area (Å²) in [7, 11) is 0. The number of hydrogen-bond donors (Lipinski definition) is 2. The van der Waals surface area contributed by atoms with Gasteiger partial charge in [-0.2, -0.15) is 13.2 Å². The third-order valence-electron chi connectivity index (χ3n) is 3.86. The van der Waals surface area contributed by atoms with Gasteiger partial charge in [0.1, 0.15) is 18.5 Å². The van der Waals surface area contributed by atoms with Crippen molar-refractivity contribution in [2.75, 3.05) is 13.2 Å². The van der Waals surface area contributed by atoms with Gasteiger partial charge >= 0.3 is 6.18 Å². The fraction of sp³-hybridized carbons (Fsp3) is 0.562. The van der Waals surface area contributed by atoms with Gasteiger partial charge in [0.05, 0.1) is 5.56 Å². The van der Waals surface area contributed by atoms with Gasteiger partial charge in [0.25, 0.3) is 0 Å². The number of carbonyl (C=O) groups excluding carboxylic acids is 1. The molecule has 0 aliphatic heterocycles. The Morgan fingerprint density at radius 1 is 1.26 bits per heavy atom. The number of amides is 1. The molecule has 0 aromatic heterocycles. The molecule has 1 saturated carbocycles. The lowest BCUT2D eigenvalue weighted by molar-refractivity contribution is -0.137. The first kappa shape index (κ1) is 17.6. The van der Waals surface area contributed by atoms with Gasteiger partial charge in [0, 0.05) is 12.5 Å². The fourth-order valence-corrected chi connectivity index (χ4v) is 2.54. The van der Waals surface area contributed by atoms with Crippen LogP contribution in [0.3, 0.4) is 0 Å². The summed E-state index contributed by atoms with van der Waals surface area (Å²) in [4.78, 5) is 11.8. The Bertz CT molecular complexity index is 510. The van der Waals surface area contributed by atoms with Crippen LogP contribution in [0, 0.1) is 5.92 Å². The molecule has 0 spiro atoms. The second-order valence-electron chi connectivity index (χ2n) is 5.71. The lowest BCUT2D eigenvalue weighted by Gasteiger charge is -2.15. The van der Waals surface area contributed by atoms with Crippen LogP contribution in [-0.2, 0) is 11.0 Å². The molecule has 2 rings (SSSR count). The standard InChI is InChI=1S/C16H20F3NO3/c17-16(18,19)12-5-7-14(8-6-12)23-10-13(21)9-20-15(22)11-3-1-2-4-11/h5-8,11,13,21H,1-4,9-10H2,(H,20,22)/t13-/m0/s1. The van der Waals surface area contributed by atoms with Gasteiger partial charge < -0.3 is 15.2 Å². The van der Waals surface area contributed by atoms with E-state index in [2.05, 4.69) is 5.32 Å². The number of aliphatic hydroxyl groups is 1. The van der Waals surface area contributed by atoms with Crippen LogP contribution in [0.25, 0.3) is 0 Å². The minimum Gasteiger partial charge on any atom is -0.491 e. The van der Waals surface area contributed by atoms with Gasteiger partial charge in [-0.25, -0.2) is 0 Å². The normalized spacial score (nSPS) is 17.0. The highest BCUT2D eigenvalue weighted by molar-refractivity contribution is 5.78.